The Balaban J connectivity index is 0.00000182. The predicted molar refractivity (Wildman–Crippen MR) is 102 cm³/mol. The van der Waals surface area contributed by atoms with Crippen LogP contribution in [0.4, 0.5) is 0 Å². The number of fused-ring (bicyclic) bond motifs is 3. The van der Waals surface area contributed by atoms with Crippen LogP contribution in [0.5, 0.6) is 0 Å². The largest absolute Gasteiger partial charge is 0.378 e. The standard InChI is InChI=1S/C21H25NO2.ClH/c23-21(18-7-3-1-4-8-18,19-9-5-2-6-10-19)16-24-20-15-22-13-11-17(20)12-14-22;/h1-10,17,20,23H,11-16H2;1H. The normalized spacial score (nSPS) is 25.4. The van der Waals surface area contributed by atoms with Crippen molar-refractivity contribution in [1.82, 2.24) is 4.90 Å². The van der Waals surface area contributed by atoms with Gasteiger partial charge < -0.3 is 14.7 Å². The van der Waals surface area contributed by atoms with E-state index in [1.807, 2.05) is 60.7 Å². The topological polar surface area (TPSA) is 32.7 Å². The molecule has 3 aliphatic heterocycles. The molecule has 3 heterocycles. The van der Waals surface area contributed by atoms with Crippen LogP contribution in [0, 0.1) is 5.92 Å². The SMILES string of the molecule is Cl.OC(COC1CN2CCC1CC2)(c1ccccc1)c1ccccc1. The molecule has 134 valence electrons. The Bertz CT molecular complexity index is 617. The lowest BCUT2D eigenvalue weighted by Crippen LogP contribution is -2.52. The van der Waals surface area contributed by atoms with E-state index in [0.29, 0.717) is 12.5 Å². The molecule has 0 amide bonds. The molecule has 5 rings (SSSR count). The summed E-state index contributed by atoms with van der Waals surface area (Å²) in [4.78, 5) is 2.48. The summed E-state index contributed by atoms with van der Waals surface area (Å²) in [7, 11) is 0. The summed E-state index contributed by atoms with van der Waals surface area (Å²) in [6.45, 7) is 3.71. The average Bonchev–Trinajstić information content (AvgIpc) is 2.68. The molecule has 1 atom stereocenters. The Morgan fingerprint density at radius 3 is 1.88 bits per heavy atom. The van der Waals surface area contributed by atoms with Gasteiger partial charge in [-0.2, -0.15) is 0 Å². The minimum atomic E-state index is -1.10. The molecule has 2 bridgehead atoms. The first kappa shape index (κ1) is 18.4. The van der Waals surface area contributed by atoms with E-state index >= 15 is 0 Å². The van der Waals surface area contributed by atoms with Gasteiger partial charge in [0.05, 0.1) is 12.7 Å². The average molecular weight is 360 g/mol. The van der Waals surface area contributed by atoms with Crippen LogP contribution < -0.4 is 0 Å². The van der Waals surface area contributed by atoms with Gasteiger partial charge in [-0.25, -0.2) is 0 Å². The van der Waals surface area contributed by atoms with E-state index in [1.54, 1.807) is 0 Å². The Hall–Kier alpha value is -1.39. The van der Waals surface area contributed by atoms with Crippen LogP contribution in [-0.4, -0.2) is 42.4 Å². The molecule has 0 aliphatic carbocycles. The van der Waals surface area contributed by atoms with Crippen molar-refractivity contribution >= 4 is 12.4 Å². The lowest BCUT2D eigenvalue weighted by molar-refractivity contribution is -0.112. The van der Waals surface area contributed by atoms with Gasteiger partial charge in [0.2, 0.25) is 0 Å². The van der Waals surface area contributed by atoms with E-state index in [1.165, 1.54) is 25.9 Å². The van der Waals surface area contributed by atoms with E-state index in [-0.39, 0.29) is 18.5 Å². The molecular weight excluding hydrogens is 334 g/mol. The van der Waals surface area contributed by atoms with Crippen LogP contribution in [0.1, 0.15) is 24.0 Å². The maximum Gasteiger partial charge on any atom is 0.138 e. The van der Waals surface area contributed by atoms with Crippen LogP contribution in [-0.2, 0) is 10.3 Å². The van der Waals surface area contributed by atoms with E-state index in [2.05, 4.69) is 4.90 Å². The Morgan fingerprint density at radius 1 is 0.920 bits per heavy atom. The molecule has 3 saturated heterocycles. The molecule has 2 aromatic carbocycles. The van der Waals surface area contributed by atoms with E-state index < -0.39 is 5.60 Å². The van der Waals surface area contributed by atoms with E-state index in [0.717, 1.165) is 17.7 Å². The van der Waals surface area contributed by atoms with Gasteiger partial charge in [-0.15, -0.1) is 12.4 Å². The fraction of sp³-hybridized carbons (Fsp3) is 0.429. The van der Waals surface area contributed by atoms with Crippen molar-refractivity contribution in [2.24, 2.45) is 5.92 Å². The summed E-state index contributed by atoms with van der Waals surface area (Å²) in [5.41, 5.74) is 0.670. The van der Waals surface area contributed by atoms with Crippen molar-refractivity contribution < 1.29 is 9.84 Å². The molecule has 4 heteroatoms. The van der Waals surface area contributed by atoms with Crippen molar-refractivity contribution in [1.29, 1.82) is 0 Å². The number of benzene rings is 2. The van der Waals surface area contributed by atoms with Crippen LogP contribution in [0.25, 0.3) is 0 Å². The summed E-state index contributed by atoms with van der Waals surface area (Å²) in [5, 5.41) is 11.5. The second-order valence-corrected chi connectivity index (χ2v) is 7.08. The summed E-state index contributed by atoms with van der Waals surface area (Å²) in [5.74, 6) is 0.644. The highest BCUT2D eigenvalue weighted by Gasteiger charge is 2.38. The summed E-state index contributed by atoms with van der Waals surface area (Å²) in [6.07, 6.45) is 2.69. The lowest BCUT2D eigenvalue weighted by atomic mass is 9.84. The maximum atomic E-state index is 11.5. The quantitative estimate of drug-likeness (QED) is 0.887. The number of rotatable bonds is 5. The number of halogens is 1. The minimum absolute atomic E-state index is 0. The highest BCUT2D eigenvalue weighted by molar-refractivity contribution is 5.85. The highest BCUT2D eigenvalue weighted by atomic mass is 35.5. The van der Waals surface area contributed by atoms with Gasteiger partial charge in [0.25, 0.3) is 0 Å². The van der Waals surface area contributed by atoms with Crippen molar-refractivity contribution in [3.63, 3.8) is 0 Å². The first-order valence-corrected chi connectivity index (χ1v) is 8.93. The number of hydrogen-bond donors (Lipinski definition) is 1. The van der Waals surface area contributed by atoms with Crippen molar-refractivity contribution in [2.45, 2.75) is 24.5 Å². The van der Waals surface area contributed by atoms with E-state index in [4.69, 9.17) is 4.74 Å². The van der Waals surface area contributed by atoms with Crippen LogP contribution in [0.2, 0.25) is 0 Å². The van der Waals surface area contributed by atoms with Crippen LogP contribution >= 0.6 is 12.4 Å². The molecule has 25 heavy (non-hydrogen) atoms. The second kappa shape index (κ2) is 7.88. The minimum Gasteiger partial charge on any atom is -0.378 e. The fourth-order valence-electron chi connectivity index (χ4n) is 4.09. The molecule has 0 spiro atoms. The molecular formula is C21H26ClNO2. The lowest BCUT2D eigenvalue weighted by Gasteiger charge is -2.45. The number of hydrogen-bond acceptors (Lipinski definition) is 3. The molecule has 3 nitrogen and oxygen atoms in total. The number of aliphatic hydroxyl groups is 1. The third-order valence-electron chi connectivity index (χ3n) is 5.61. The number of nitrogens with zero attached hydrogens (tertiary/aromatic N) is 1. The molecule has 0 aromatic heterocycles. The number of ether oxygens (including phenoxy) is 1. The van der Waals surface area contributed by atoms with E-state index in [9.17, 15) is 5.11 Å². The Labute approximate surface area is 156 Å². The zero-order chi connectivity index (χ0) is 16.4. The summed E-state index contributed by atoms with van der Waals surface area (Å²) in [6, 6.07) is 19.7. The zero-order valence-corrected chi connectivity index (χ0v) is 15.2. The molecule has 1 N–H and O–H groups in total. The molecule has 3 aliphatic rings. The molecule has 2 aromatic rings. The number of piperidine rings is 3. The summed E-state index contributed by atoms with van der Waals surface area (Å²) >= 11 is 0. The van der Waals surface area contributed by atoms with Gasteiger partial charge in [-0.05, 0) is 43.0 Å². The molecule has 1 unspecified atom stereocenters. The fourth-order valence-corrected chi connectivity index (χ4v) is 4.09. The first-order chi connectivity index (χ1) is 11.8. The monoisotopic (exact) mass is 359 g/mol. The van der Waals surface area contributed by atoms with Gasteiger partial charge in [0, 0.05) is 6.54 Å². The van der Waals surface area contributed by atoms with Gasteiger partial charge in [0.1, 0.15) is 5.60 Å². The van der Waals surface area contributed by atoms with Crippen molar-refractivity contribution in [2.75, 3.05) is 26.2 Å². The van der Waals surface area contributed by atoms with Gasteiger partial charge in [0.15, 0.2) is 0 Å². The Morgan fingerprint density at radius 2 is 1.44 bits per heavy atom. The van der Waals surface area contributed by atoms with Crippen molar-refractivity contribution in [3.05, 3.63) is 71.8 Å². The van der Waals surface area contributed by atoms with Gasteiger partial charge in [-0.3, -0.25) is 0 Å². The third-order valence-corrected chi connectivity index (χ3v) is 5.61. The summed E-state index contributed by atoms with van der Waals surface area (Å²) < 4.78 is 6.30. The van der Waals surface area contributed by atoms with Crippen LogP contribution in [0.3, 0.4) is 0 Å². The molecule has 0 saturated carbocycles. The molecule has 3 fully saturated rings. The highest BCUT2D eigenvalue weighted by Crippen LogP contribution is 2.34. The van der Waals surface area contributed by atoms with Crippen LogP contribution in [0.15, 0.2) is 60.7 Å². The Kier molecular flexibility index (Phi) is 5.80. The first-order valence-electron chi connectivity index (χ1n) is 8.93. The maximum absolute atomic E-state index is 11.5. The van der Waals surface area contributed by atoms with Gasteiger partial charge in [-0.1, -0.05) is 60.7 Å². The van der Waals surface area contributed by atoms with Crippen molar-refractivity contribution in [3.8, 4) is 0 Å². The second-order valence-electron chi connectivity index (χ2n) is 7.08. The van der Waals surface area contributed by atoms with Gasteiger partial charge >= 0.3 is 0 Å². The zero-order valence-electron chi connectivity index (χ0n) is 14.4. The molecule has 0 radical (unpaired) electrons. The smallest absolute Gasteiger partial charge is 0.138 e. The third kappa shape index (κ3) is 3.75. The predicted octanol–water partition coefficient (Wildman–Crippen LogP) is 3.46.